The van der Waals surface area contributed by atoms with Crippen LogP contribution in [-0.4, -0.2) is 48.9 Å². The molecule has 1 N–H and O–H groups in total. The molecule has 0 saturated carbocycles. The van der Waals surface area contributed by atoms with Gasteiger partial charge < -0.3 is 24.1 Å². The molecule has 1 aromatic rings. The molecule has 1 aliphatic rings. The van der Waals surface area contributed by atoms with Crippen molar-refractivity contribution in [1.82, 2.24) is 10.2 Å². The standard InChI is InChI=1S/C15H23BrN2O4/c1-15(2,3)22-14(19)18-8-11(13(9-18)20-4)17-7-12-10(16)5-6-21-12/h5-6,11,13,17H,7-9H2,1-4H3/t11?,13-/m0/s1. The minimum atomic E-state index is -0.496. The number of nitrogens with zero attached hydrogens (tertiary/aromatic N) is 1. The van der Waals surface area contributed by atoms with Crippen molar-refractivity contribution in [2.45, 2.75) is 45.1 Å². The first-order chi connectivity index (χ1) is 10.3. The van der Waals surface area contributed by atoms with E-state index in [-0.39, 0.29) is 18.2 Å². The number of hydrogen-bond donors (Lipinski definition) is 1. The molecule has 1 amide bonds. The number of ether oxygens (including phenoxy) is 2. The van der Waals surface area contributed by atoms with E-state index in [0.29, 0.717) is 19.6 Å². The molecule has 2 rings (SSSR count). The van der Waals surface area contributed by atoms with Gasteiger partial charge in [0.2, 0.25) is 0 Å². The molecule has 22 heavy (non-hydrogen) atoms. The van der Waals surface area contributed by atoms with Gasteiger partial charge in [0.25, 0.3) is 0 Å². The van der Waals surface area contributed by atoms with Crippen LogP contribution in [0.4, 0.5) is 4.79 Å². The van der Waals surface area contributed by atoms with Crippen LogP contribution in [0.2, 0.25) is 0 Å². The zero-order valence-corrected chi connectivity index (χ0v) is 15.0. The van der Waals surface area contributed by atoms with Crippen LogP contribution in [0.15, 0.2) is 21.2 Å². The molecule has 0 spiro atoms. The number of hydrogen-bond acceptors (Lipinski definition) is 5. The van der Waals surface area contributed by atoms with Crippen molar-refractivity contribution >= 4 is 22.0 Å². The fourth-order valence-corrected chi connectivity index (χ4v) is 2.70. The zero-order valence-electron chi connectivity index (χ0n) is 13.4. The number of halogens is 1. The van der Waals surface area contributed by atoms with Crippen molar-refractivity contribution in [3.63, 3.8) is 0 Å². The molecule has 1 unspecified atom stereocenters. The first kappa shape index (κ1) is 17.3. The van der Waals surface area contributed by atoms with Crippen LogP contribution in [0.3, 0.4) is 0 Å². The first-order valence-corrected chi connectivity index (χ1v) is 8.05. The van der Waals surface area contributed by atoms with E-state index in [1.165, 1.54) is 0 Å². The number of rotatable bonds is 4. The Morgan fingerprint density at radius 2 is 2.23 bits per heavy atom. The van der Waals surface area contributed by atoms with Crippen LogP contribution in [-0.2, 0) is 16.0 Å². The molecule has 1 aromatic heterocycles. The van der Waals surface area contributed by atoms with Crippen LogP contribution in [0.25, 0.3) is 0 Å². The van der Waals surface area contributed by atoms with Crippen molar-refractivity contribution in [1.29, 1.82) is 0 Å². The average Bonchev–Trinajstić information content (AvgIpc) is 3.00. The minimum absolute atomic E-state index is 0.0366. The summed E-state index contributed by atoms with van der Waals surface area (Å²) < 4.78 is 17.2. The van der Waals surface area contributed by atoms with Gasteiger partial charge in [0.15, 0.2) is 0 Å². The summed E-state index contributed by atoms with van der Waals surface area (Å²) in [6.07, 6.45) is 1.26. The van der Waals surface area contributed by atoms with Crippen molar-refractivity contribution in [3.8, 4) is 0 Å². The van der Waals surface area contributed by atoms with Gasteiger partial charge in [0.1, 0.15) is 11.4 Å². The van der Waals surface area contributed by atoms with Crippen LogP contribution < -0.4 is 5.32 Å². The summed E-state index contributed by atoms with van der Waals surface area (Å²) >= 11 is 3.43. The number of likely N-dealkylation sites (tertiary alicyclic amines) is 1. The van der Waals surface area contributed by atoms with E-state index in [1.807, 2.05) is 26.8 Å². The Bertz CT molecular complexity index is 512. The minimum Gasteiger partial charge on any atom is -0.467 e. The van der Waals surface area contributed by atoms with Crippen LogP contribution in [0, 0.1) is 0 Å². The van der Waals surface area contributed by atoms with Crippen LogP contribution >= 0.6 is 15.9 Å². The third kappa shape index (κ3) is 4.47. The fourth-order valence-electron chi connectivity index (χ4n) is 2.36. The molecule has 124 valence electrons. The van der Waals surface area contributed by atoms with Crippen molar-refractivity contribution in [2.75, 3.05) is 20.2 Å². The molecule has 6 nitrogen and oxygen atoms in total. The summed E-state index contributed by atoms with van der Waals surface area (Å²) in [4.78, 5) is 13.8. The summed E-state index contributed by atoms with van der Waals surface area (Å²) in [6, 6.07) is 1.89. The predicted molar refractivity (Wildman–Crippen MR) is 85.6 cm³/mol. The molecule has 0 bridgehead atoms. The third-order valence-corrected chi connectivity index (χ3v) is 4.14. The molecule has 2 atom stereocenters. The smallest absolute Gasteiger partial charge is 0.410 e. The number of methoxy groups -OCH3 is 1. The van der Waals surface area contributed by atoms with Gasteiger partial charge in [-0.15, -0.1) is 0 Å². The SMILES string of the molecule is CO[C@H]1CN(C(=O)OC(C)(C)C)CC1NCc1occc1Br. The van der Waals surface area contributed by atoms with Crippen molar-refractivity contribution in [2.24, 2.45) is 0 Å². The third-order valence-electron chi connectivity index (χ3n) is 3.44. The Hall–Kier alpha value is -1.05. The maximum atomic E-state index is 12.1. The molecule has 1 saturated heterocycles. The van der Waals surface area contributed by atoms with E-state index in [2.05, 4.69) is 21.2 Å². The molecule has 0 radical (unpaired) electrons. The molecule has 2 heterocycles. The molecule has 1 aliphatic heterocycles. The lowest BCUT2D eigenvalue weighted by Crippen LogP contribution is -2.40. The van der Waals surface area contributed by atoms with E-state index in [1.54, 1.807) is 18.3 Å². The summed E-state index contributed by atoms with van der Waals surface area (Å²) in [5, 5.41) is 3.38. The van der Waals surface area contributed by atoms with Gasteiger partial charge >= 0.3 is 6.09 Å². The van der Waals surface area contributed by atoms with Crippen LogP contribution in [0.1, 0.15) is 26.5 Å². The summed E-state index contributed by atoms with van der Waals surface area (Å²) in [6.45, 7) is 7.21. The van der Waals surface area contributed by atoms with Gasteiger partial charge in [-0.2, -0.15) is 0 Å². The monoisotopic (exact) mass is 374 g/mol. The lowest BCUT2D eigenvalue weighted by atomic mass is 10.2. The number of nitrogens with one attached hydrogen (secondary N) is 1. The maximum Gasteiger partial charge on any atom is 0.410 e. The van der Waals surface area contributed by atoms with E-state index in [9.17, 15) is 4.79 Å². The topological polar surface area (TPSA) is 63.9 Å². The fraction of sp³-hybridized carbons (Fsp3) is 0.667. The normalized spacial score (nSPS) is 22.1. The molecular formula is C15H23BrN2O4. The molecular weight excluding hydrogens is 352 g/mol. The summed E-state index contributed by atoms with van der Waals surface area (Å²) in [5.74, 6) is 0.825. The number of carbonyl (C=O) groups excluding carboxylic acids is 1. The van der Waals surface area contributed by atoms with E-state index < -0.39 is 5.60 Å². The van der Waals surface area contributed by atoms with Crippen molar-refractivity contribution in [3.05, 3.63) is 22.6 Å². The highest BCUT2D eigenvalue weighted by Crippen LogP contribution is 2.20. The highest BCUT2D eigenvalue weighted by molar-refractivity contribution is 9.10. The molecule has 0 aliphatic carbocycles. The summed E-state index contributed by atoms with van der Waals surface area (Å²) in [7, 11) is 1.65. The lowest BCUT2D eigenvalue weighted by Gasteiger charge is -2.24. The second-order valence-electron chi connectivity index (χ2n) is 6.34. The van der Waals surface area contributed by atoms with E-state index >= 15 is 0 Å². The molecule has 0 aromatic carbocycles. The first-order valence-electron chi connectivity index (χ1n) is 7.26. The van der Waals surface area contributed by atoms with Gasteiger partial charge in [-0.1, -0.05) is 0 Å². The average molecular weight is 375 g/mol. The van der Waals surface area contributed by atoms with Gasteiger partial charge in [0.05, 0.1) is 36.0 Å². The Labute approximate surface area is 139 Å². The second kappa shape index (κ2) is 7.02. The molecule has 7 heteroatoms. The van der Waals surface area contributed by atoms with E-state index in [0.717, 1.165) is 10.2 Å². The Balaban J connectivity index is 1.92. The van der Waals surface area contributed by atoms with Gasteiger partial charge in [-0.05, 0) is 42.8 Å². The Morgan fingerprint density at radius 3 is 2.77 bits per heavy atom. The molecule has 1 fully saturated rings. The highest BCUT2D eigenvalue weighted by atomic mass is 79.9. The lowest BCUT2D eigenvalue weighted by molar-refractivity contribution is 0.0252. The van der Waals surface area contributed by atoms with E-state index in [4.69, 9.17) is 13.9 Å². The maximum absolute atomic E-state index is 12.1. The number of carbonyl (C=O) groups is 1. The predicted octanol–water partition coefficient (Wildman–Crippen LogP) is 2.77. The van der Waals surface area contributed by atoms with Crippen LogP contribution in [0.5, 0.6) is 0 Å². The van der Waals surface area contributed by atoms with Gasteiger partial charge in [-0.3, -0.25) is 0 Å². The Morgan fingerprint density at radius 1 is 1.50 bits per heavy atom. The largest absolute Gasteiger partial charge is 0.467 e. The second-order valence-corrected chi connectivity index (χ2v) is 7.19. The zero-order chi connectivity index (χ0) is 16.3. The van der Waals surface area contributed by atoms with Crippen molar-refractivity contribution < 1.29 is 18.7 Å². The number of furan rings is 1. The highest BCUT2D eigenvalue weighted by Gasteiger charge is 2.37. The van der Waals surface area contributed by atoms with Gasteiger partial charge in [0, 0.05) is 13.7 Å². The quantitative estimate of drug-likeness (QED) is 0.877. The summed E-state index contributed by atoms with van der Waals surface area (Å²) in [5.41, 5.74) is -0.496. The van der Waals surface area contributed by atoms with Gasteiger partial charge in [-0.25, -0.2) is 4.79 Å². The Kier molecular flexibility index (Phi) is 5.52. The number of amides is 1.